The summed E-state index contributed by atoms with van der Waals surface area (Å²) in [4.78, 5) is 30.0. The second-order valence-corrected chi connectivity index (χ2v) is 11.2. The predicted molar refractivity (Wildman–Crippen MR) is 145 cm³/mol. The number of likely N-dealkylation sites (tertiary alicyclic amines) is 1. The normalized spacial score (nSPS) is 15.6. The van der Waals surface area contributed by atoms with E-state index in [9.17, 15) is 23.1 Å². The third-order valence-electron chi connectivity index (χ3n) is 7.09. The number of aromatic nitrogens is 5. The van der Waals surface area contributed by atoms with Crippen molar-refractivity contribution in [2.75, 3.05) is 13.1 Å². The van der Waals surface area contributed by atoms with Crippen LogP contribution in [0, 0.1) is 0 Å². The Hall–Kier alpha value is -4.78. The molecular formula is C27H25N7O5S. The lowest BCUT2D eigenvalue weighted by atomic mass is 10.1. The molecule has 2 amide bonds. The van der Waals surface area contributed by atoms with Gasteiger partial charge < -0.3 is 10.4 Å². The Bertz CT molecular complexity index is 1850. The van der Waals surface area contributed by atoms with E-state index >= 15 is 0 Å². The smallest absolute Gasteiger partial charge is 0.407 e. The molecule has 0 radical (unpaired) electrons. The van der Waals surface area contributed by atoms with Crippen LogP contribution in [0.3, 0.4) is 0 Å². The Balaban J connectivity index is 1.41. The van der Waals surface area contributed by atoms with Crippen molar-refractivity contribution in [1.29, 1.82) is 0 Å². The maximum atomic E-state index is 13.9. The number of hydrogen-bond acceptors (Lipinski definition) is 7. The number of nitrogens with zero attached hydrogens (tertiary/aromatic N) is 6. The van der Waals surface area contributed by atoms with Crippen LogP contribution in [-0.2, 0) is 21.2 Å². The summed E-state index contributed by atoms with van der Waals surface area (Å²) >= 11 is 0. The molecule has 6 rings (SSSR count). The van der Waals surface area contributed by atoms with Gasteiger partial charge in [0.05, 0.1) is 16.6 Å². The van der Waals surface area contributed by atoms with E-state index in [-0.39, 0.29) is 23.5 Å². The van der Waals surface area contributed by atoms with E-state index in [1.165, 1.54) is 20.7 Å². The number of rotatable bonds is 7. The van der Waals surface area contributed by atoms with Crippen molar-refractivity contribution in [3.05, 3.63) is 78.9 Å². The van der Waals surface area contributed by atoms with Crippen LogP contribution >= 0.6 is 0 Å². The average molecular weight is 560 g/mol. The van der Waals surface area contributed by atoms with Crippen molar-refractivity contribution in [1.82, 2.24) is 34.0 Å². The van der Waals surface area contributed by atoms with Gasteiger partial charge in [0.2, 0.25) is 5.91 Å². The molecule has 1 atom stereocenters. The molecule has 1 saturated heterocycles. The fourth-order valence-corrected chi connectivity index (χ4v) is 6.78. The molecule has 13 heteroatoms. The third-order valence-corrected chi connectivity index (χ3v) is 8.85. The van der Waals surface area contributed by atoms with Gasteiger partial charge in [-0.25, -0.2) is 22.2 Å². The first-order chi connectivity index (χ1) is 19.4. The molecule has 0 aliphatic carbocycles. The van der Waals surface area contributed by atoms with Gasteiger partial charge in [-0.05, 0) is 54.8 Å². The molecule has 1 unspecified atom stereocenters. The quantitative estimate of drug-likeness (QED) is 0.309. The molecule has 40 heavy (non-hydrogen) atoms. The summed E-state index contributed by atoms with van der Waals surface area (Å²) in [7, 11) is -4.04. The number of carbonyl (C=O) groups is 2. The maximum Gasteiger partial charge on any atom is 0.407 e. The van der Waals surface area contributed by atoms with Gasteiger partial charge in [-0.1, -0.05) is 18.2 Å². The molecule has 5 heterocycles. The number of pyridine rings is 1. The van der Waals surface area contributed by atoms with Gasteiger partial charge in [-0.2, -0.15) is 14.8 Å². The van der Waals surface area contributed by atoms with E-state index in [4.69, 9.17) is 0 Å². The molecule has 1 aliphatic heterocycles. The maximum absolute atomic E-state index is 13.9. The lowest BCUT2D eigenvalue weighted by Crippen LogP contribution is -2.45. The van der Waals surface area contributed by atoms with Crippen LogP contribution in [0.1, 0.15) is 18.5 Å². The molecule has 1 aromatic carbocycles. The molecule has 204 valence electrons. The first-order valence-corrected chi connectivity index (χ1v) is 14.2. The van der Waals surface area contributed by atoms with E-state index < -0.39 is 28.1 Å². The molecular weight excluding hydrogens is 534 g/mol. The van der Waals surface area contributed by atoms with E-state index in [2.05, 4.69) is 20.5 Å². The number of hydrogen-bond donors (Lipinski definition) is 2. The number of carboxylic acid groups (broad SMARTS) is 1. The minimum atomic E-state index is -4.04. The minimum absolute atomic E-state index is 0.105. The fourth-order valence-electron chi connectivity index (χ4n) is 5.24. The Morgan fingerprint density at radius 2 is 1.85 bits per heavy atom. The molecule has 1 aliphatic rings. The van der Waals surface area contributed by atoms with Crippen molar-refractivity contribution in [3.8, 4) is 11.1 Å². The molecule has 1 fully saturated rings. The van der Waals surface area contributed by atoms with Crippen molar-refractivity contribution >= 4 is 38.6 Å². The first-order valence-electron chi connectivity index (χ1n) is 12.7. The van der Waals surface area contributed by atoms with E-state index in [0.717, 1.165) is 21.5 Å². The Morgan fingerprint density at radius 3 is 2.65 bits per heavy atom. The largest absolute Gasteiger partial charge is 0.465 e. The van der Waals surface area contributed by atoms with Gasteiger partial charge in [0.15, 0.2) is 5.65 Å². The van der Waals surface area contributed by atoms with E-state index in [1.807, 2.05) is 6.07 Å². The van der Waals surface area contributed by atoms with Gasteiger partial charge in [0.1, 0.15) is 6.04 Å². The molecule has 0 bridgehead atoms. The zero-order valence-electron chi connectivity index (χ0n) is 21.2. The van der Waals surface area contributed by atoms with Gasteiger partial charge >= 0.3 is 6.09 Å². The number of carbonyl (C=O) groups excluding carboxylic acids is 1. The predicted octanol–water partition coefficient (Wildman–Crippen LogP) is 2.78. The second-order valence-electron chi connectivity index (χ2n) is 9.45. The number of nitrogens with one attached hydrogen (secondary N) is 1. The van der Waals surface area contributed by atoms with Gasteiger partial charge in [0, 0.05) is 48.5 Å². The van der Waals surface area contributed by atoms with E-state index in [1.54, 1.807) is 55.0 Å². The summed E-state index contributed by atoms with van der Waals surface area (Å²) in [5.41, 5.74) is 2.93. The zero-order valence-corrected chi connectivity index (χ0v) is 22.0. The summed E-state index contributed by atoms with van der Waals surface area (Å²) in [5.74, 6) is -0.397. The SMILES string of the molecule is O=C(NCCc1cc2c(-c3cnn4ncccc34)ccnc2n1S(=O)(=O)c1ccccc1)C1CCCN1C(=O)O. The molecule has 5 aromatic rings. The van der Waals surface area contributed by atoms with Crippen LogP contribution in [0.25, 0.3) is 27.7 Å². The standard InChI is InChI=1S/C27H25N7O5S/c35-26(24-9-5-15-32(24)27(36)37)29-13-10-18-16-21-20(22-17-31-34-23(22)8-4-12-30-34)11-14-28-25(21)33(18)40(38,39)19-6-2-1-3-7-19/h1-4,6-8,11-12,14,16-17,24H,5,9-10,13,15H2,(H,29,35)(H,36,37). The molecule has 4 aromatic heterocycles. The van der Waals surface area contributed by atoms with Gasteiger partial charge in [-0.15, -0.1) is 0 Å². The first kappa shape index (κ1) is 25.5. The Labute approximate surface area is 228 Å². The van der Waals surface area contributed by atoms with Crippen molar-refractivity contribution in [3.63, 3.8) is 0 Å². The van der Waals surface area contributed by atoms with Crippen LogP contribution in [0.5, 0.6) is 0 Å². The molecule has 0 spiro atoms. The van der Waals surface area contributed by atoms with Crippen LogP contribution in [0.15, 0.2) is 78.1 Å². The Morgan fingerprint density at radius 1 is 1.02 bits per heavy atom. The highest BCUT2D eigenvalue weighted by atomic mass is 32.2. The van der Waals surface area contributed by atoms with Crippen LogP contribution < -0.4 is 5.32 Å². The van der Waals surface area contributed by atoms with E-state index in [0.29, 0.717) is 30.5 Å². The highest BCUT2D eigenvalue weighted by molar-refractivity contribution is 7.90. The minimum Gasteiger partial charge on any atom is -0.465 e. The molecule has 0 saturated carbocycles. The summed E-state index contributed by atoms with van der Waals surface area (Å²) in [6.07, 6.45) is 4.96. The average Bonchev–Trinajstić information content (AvgIpc) is 3.70. The molecule has 2 N–H and O–H groups in total. The van der Waals surface area contributed by atoms with Crippen molar-refractivity contribution in [2.45, 2.75) is 30.2 Å². The lowest BCUT2D eigenvalue weighted by molar-refractivity contribution is -0.124. The zero-order chi connectivity index (χ0) is 27.9. The number of benzene rings is 1. The van der Waals surface area contributed by atoms with Crippen LogP contribution in [-0.4, -0.2) is 73.3 Å². The summed E-state index contributed by atoms with van der Waals surface area (Å²) < 4.78 is 30.5. The second kappa shape index (κ2) is 10.1. The van der Waals surface area contributed by atoms with Crippen molar-refractivity contribution in [2.24, 2.45) is 0 Å². The lowest BCUT2D eigenvalue weighted by Gasteiger charge is -2.20. The Kier molecular flexibility index (Phi) is 6.42. The third kappa shape index (κ3) is 4.33. The van der Waals surface area contributed by atoms with Crippen LogP contribution in [0.4, 0.5) is 4.79 Å². The van der Waals surface area contributed by atoms with Gasteiger partial charge in [-0.3, -0.25) is 9.69 Å². The fraction of sp³-hybridized carbons (Fsp3) is 0.222. The summed E-state index contributed by atoms with van der Waals surface area (Å²) in [5, 5.41) is 21.3. The van der Waals surface area contributed by atoms with Gasteiger partial charge in [0.25, 0.3) is 10.0 Å². The molecule has 12 nitrogen and oxygen atoms in total. The topological polar surface area (TPSA) is 152 Å². The number of amides is 2. The van der Waals surface area contributed by atoms with Crippen molar-refractivity contribution < 1.29 is 23.1 Å². The van der Waals surface area contributed by atoms with Crippen LogP contribution in [0.2, 0.25) is 0 Å². The number of fused-ring (bicyclic) bond motifs is 2. The summed E-state index contributed by atoms with van der Waals surface area (Å²) in [6.45, 7) is 0.421. The monoisotopic (exact) mass is 559 g/mol. The highest BCUT2D eigenvalue weighted by Crippen LogP contribution is 2.34. The highest BCUT2D eigenvalue weighted by Gasteiger charge is 2.34. The summed E-state index contributed by atoms with van der Waals surface area (Å²) in [6, 6.07) is 14.6.